The molecule has 0 amide bonds. The first-order chi connectivity index (χ1) is 13.2. The third-order valence-electron chi connectivity index (χ3n) is 3.82. The van der Waals surface area contributed by atoms with E-state index < -0.39 is 5.97 Å². The summed E-state index contributed by atoms with van der Waals surface area (Å²) in [6.45, 7) is 0.341. The Morgan fingerprint density at radius 3 is 2.89 bits per heavy atom. The lowest BCUT2D eigenvalue weighted by Crippen LogP contribution is -2.09. The van der Waals surface area contributed by atoms with Crippen molar-refractivity contribution in [2.24, 2.45) is 0 Å². The van der Waals surface area contributed by atoms with E-state index in [1.807, 2.05) is 11.4 Å². The van der Waals surface area contributed by atoms with Crippen molar-refractivity contribution >= 4 is 39.8 Å². The zero-order valence-electron chi connectivity index (χ0n) is 14.0. The summed E-state index contributed by atoms with van der Waals surface area (Å²) in [5, 5.41) is 3.19. The average Bonchev–Trinajstić information content (AvgIpc) is 3.23. The van der Waals surface area contributed by atoms with Crippen molar-refractivity contribution in [3.63, 3.8) is 0 Å². The third-order valence-corrected chi connectivity index (χ3v) is 4.79. The average molecular weight is 397 g/mol. The minimum Gasteiger partial charge on any atom is -0.487 e. The zero-order valence-corrected chi connectivity index (χ0v) is 15.5. The molecule has 7 heteroatoms. The number of hydrogen-bond donors (Lipinski definition) is 0. The van der Waals surface area contributed by atoms with E-state index in [2.05, 4.69) is 9.97 Å². The first kappa shape index (κ1) is 17.5. The fourth-order valence-corrected chi connectivity index (χ4v) is 3.29. The molecule has 0 saturated heterocycles. The van der Waals surface area contributed by atoms with Crippen LogP contribution in [0.1, 0.15) is 16.1 Å². The van der Waals surface area contributed by atoms with Crippen molar-refractivity contribution in [3.05, 3.63) is 81.9 Å². The van der Waals surface area contributed by atoms with Gasteiger partial charge in [0.15, 0.2) is 5.75 Å². The van der Waals surface area contributed by atoms with Crippen molar-refractivity contribution in [2.45, 2.75) is 6.61 Å². The maximum Gasteiger partial charge on any atom is 0.343 e. The van der Waals surface area contributed by atoms with Gasteiger partial charge in [-0.3, -0.25) is 4.98 Å². The standard InChI is InChI=1S/C20H13ClN2O3S/c21-17-6-7-18(19-16(17)5-2-8-22-19)26-20(24)13-3-1-4-15(9-13)25-10-14-11-27-12-23-14/h1-9,11-12H,10H2. The Morgan fingerprint density at radius 1 is 1.11 bits per heavy atom. The molecule has 4 rings (SSSR count). The van der Waals surface area contributed by atoms with Gasteiger partial charge in [-0.15, -0.1) is 11.3 Å². The van der Waals surface area contributed by atoms with Gasteiger partial charge in [0.1, 0.15) is 17.9 Å². The molecule has 0 N–H and O–H groups in total. The predicted octanol–water partition coefficient (Wildman–Crippen LogP) is 5.14. The molecule has 0 saturated carbocycles. The van der Waals surface area contributed by atoms with Gasteiger partial charge in [0.2, 0.25) is 0 Å². The molecule has 2 aromatic carbocycles. The van der Waals surface area contributed by atoms with Crippen LogP contribution in [0.2, 0.25) is 5.02 Å². The lowest BCUT2D eigenvalue weighted by atomic mass is 10.2. The van der Waals surface area contributed by atoms with E-state index in [0.717, 1.165) is 11.1 Å². The van der Waals surface area contributed by atoms with Crippen molar-refractivity contribution in [1.29, 1.82) is 0 Å². The quantitative estimate of drug-likeness (QED) is 0.345. The van der Waals surface area contributed by atoms with E-state index in [-0.39, 0.29) is 0 Å². The van der Waals surface area contributed by atoms with E-state index in [4.69, 9.17) is 21.1 Å². The summed E-state index contributed by atoms with van der Waals surface area (Å²) < 4.78 is 11.2. The molecular formula is C20H13ClN2O3S. The minimum absolute atomic E-state index is 0.341. The molecule has 0 unspecified atom stereocenters. The highest BCUT2D eigenvalue weighted by Crippen LogP contribution is 2.30. The van der Waals surface area contributed by atoms with Gasteiger partial charge in [-0.2, -0.15) is 0 Å². The molecular weight excluding hydrogens is 384 g/mol. The normalized spacial score (nSPS) is 10.7. The molecule has 0 aliphatic carbocycles. The Kier molecular flexibility index (Phi) is 5.00. The lowest BCUT2D eigenvalue weighted by molar-refractivity contribution is 0.0736. The molecule has 5 nitrogen and oxygen atoms in total. The Hall–Kier alpha value is -2.96. The molecule has 2 aromatic heterocycles. The number of ether oxygens (including phenoxy) is 2. The summed E-state index contributed by atoms with van der Waals surface area (Å²) in [5.41, 5.74) is 3.50. The van der Waals surface area contributed by atoms with Crippen molar-refractivity contribution in [1.82, 2.24) is 9.97 Å². The van der Waals surface area contributed by atoms with Crippen LogP contribution < -0.4 is 9.47 Å². The maximum absolute atomic E-state index is 12.6. The highest BCUT2D eigenvalue weighted by Gasteiger charge is 2.14. The van der Waals surface area contributed by atoms with E-state index >= 15 is 0 Å². The molecule has 0 aliphatic rings. The van der Waals surface area contributed by atoms with Crippen LogP contribution >= 0.6 is 22.9 Å². The highest BCUT2D eigenvalue weighted by molar-refractivity contribution is 7.07. The Morgan fingerprint density at radius 2 is 2.04 bits per heavy atom. The summed E-state index contributed by atoms with van der Waals surface area (Å²) in [7, 11) is 0. The number of pyridine rings is 1. The fourth-order valence-electron chi connectivity index (χ4n) is 2.53. The van der Waals surface area contributed by atoms with Gasteiger partial charge >= 0.3 is 5.97 Å². The van der Waals surface area contributed by atoms with E-state index in [1.54, 1.807) is 54.2 Å². The first-order valence-corrected chi connectivity index (χ1v) is 9.38. The largest absolute Gasteiger partial charge is 0.487 e. The highest BCUT2D eigenvalue weighted by atomic mass is 35.5. The monoisotopic (exact) mass is 396 g/mol. The van der Waals surface area contributed by atoms with Crippen LogP contribution in [-0.2, 0) is 6.61 Å². The van der Waals surface area contributed by atoms with Gasteiger partial charge in [-0.25, -0.2) is 9.78 Å². The molecule has 0 bridgehead atoms. The van der Waals surface area contributed by atoms with Crippen LogP contribution in [0.15, 0.2) is 65.6 Å². The number of nitrogens with zero attached hydrogens (tertiary/aromatic N) is 2. The predicted molar refractivity (Wildman–Crippen MR) is 105 cm³/mol. The molecule has 134 valence electrons. The van der Waals surface area contributed by atoms with E-state index in [9.17, 15) is 4.79 Å². The Balaban J connectivity index is 1.53. The van der Waals surface area contributed by atoms with Crippen LogP contribution in [0.5, 0.6) is 11.5 Å². The van der Waals surface area contributed by atoms with Gasteiger partial charge in [0.05, 0.1) is 21.8 Å². The first-order valence-electron chi connectivity index (χ1n) is 8.06. The maximum atomic E-state index is 12.6. The van der Waals surface area contributed by atoms with Gasteiger partial charge in [0, 0.05) is 17.0 Å². The summed E-state index contributed by atoms with van der Waals surface area (Å²) >= 11 is 7.68. The second-order valence-corrected chi connectivity index (χ2v) is 6.76. The number of esters is 1. The summed E-state index contributed by atoms with van der Waals surface area (Å²) in [5.74, 6) is 0.425. The van der Waals surface area contributed by atoms with Gasteiger partial charge in [-0.05, 0) is 42.5 Å². The van der Waals surface area contributed by atoms with Gasteiger partial charge in [-0.1, -0.05) is 17.7 Å². The lowest BCUT2D eigenvalue weighted by Gasteiger charge is -2.09. The van der Waals surface area contributed by atoms with Crippen LogP contribution in [0.4, 0.5) is 0 Å². The number of rotatable bonds is 5. The van der Waals surface area contributed by atoms with E-state index in [1.165, 1.54) is 11.3 Å². The number of benzene rings is 2. The molecule has 0 spiro atoms. The number of thiazole rings is 1. The second kappa shape index (κ2) is 7.73. The zero-order chi connectivity index (χ0) is 18.6. The Labute approximate surface area is 164 Å². The second-order valence-electron chi connectivity index (χ2n) is 5.63. The fraction of sp³-hybridized carbons (Fsp3) is 0.0500. The van der Waals surface area contributed by atoms with Crippen LogP contribution in [0.25, 0.3) is 10.9 Å². The van der Waals surface area contributed by atoms with Gasteiger partial charge in [0.25, 0.3) is 0 Å². The van der Waals surface area contributed by atoms with Gasteiger partial charge < -0.3 is 9.47 Å². The molecule has 0 aliphatic heterocycles. The van der Waals surface area contributed by atoms with Crippen molar-refractivity contribution in [3.8, 4) is 11.5 Å². The number of halogens is 1. The SMILES string of the molecule is O=C(Oc1ccc(Cl)c2cccnc12)c1cccc(OCc2cscn2)c1. The minimum atomic E-state index is -0.497. The van der Waals surface area contributed by atoms with Crippen LogP contribution in [-0.4, -0.2) is 15.9 Å². The van der Waals surface area contributed by atoms with Crippen molar-refractivity contribution in [2.75, 3.05) is 0 Å². The summed E-state index contributed by atoms with van der Waals surface area (Å²) in [4.78, 5) is 21.0. The van der Waals surface area contributed by atoms with Crippen molar-refractivity contribution < 1.29 is 14.3 Å². The van der Waals surface area contributed by atoms with E-state index in [0.29, 0.717) is 34.2 Å². The molecule has 27 heavy (non-hydrogen) atoms. The smallest absolute Gasteiger partial charge is 0.343 e. The number of carbonyl (C=O) groups is 1. The molecule has 0 radical (unpaired) electrons. The summed E-state index contributed by atoms with van der Waals surface area (Å²) in [6, 6.07) is 13.8. The molecule has 0 atom stereocenters. The number of carbonyl (C=O) groups excluding carboxylic acids is 1. The van der Waals surface area contributed by atoms with Crippen LogP contribution in [0.3, 0.4) is 0 Å². The molecule has 0 fully saturated rings. The summed E-state index contributed by atoms with van der Waals surface area (Å²) in [6.07, 6.45) is 1.63. The number of hydrogen-bond acceptors (Lipinski definition) is 6. The Bertz CT molecular complexity index is 1100. The van der Waals surface area contributed by atoms with Crippen LogP contribution in [0, 0.1) is 0 Å². The topological polar surface area (TPSA) is 61.3 Å². The molecule has 4 aromatic rings. The number of fused-ring (bicyclic) bond motifs is 1. The molecule has 2 heterocycles. The third kappa shape index (κ3) is 3.92. The number of aromatic nitrogens is 2.